The SMILES string of the molecule is CN(C)C(=O)[C@@H]1CC2(CCN(C(=O)C(Cc3ccc4ccccc4c3)NC(=O)NC3CCCCC3)CC2)c2ccccc21. The highest BCUT2D eigenvalue weighted by Gasteiger charge is 2.48. The number of nitrogens with one attached hydrogen (secondary N) is 2. The van der Waals surface area contributed by atoms with Gasteiger partial charge in [-0.1, -0.05) is 86.0 Å². The van der Waals surface area contributed by atoms with Gasteiger partial charge in [0.25, 0.3) is 0 Å². The van der Waals surface area contributed by atoms with E-state index in [0.29, 0.717) is 19.5 Å². The van der Waals surface area contributed by atoms with E-state index < -0.39 is 6.04 Å². The monoisotopic (exact) mass is 580 g/mol. The quantitative estimate of drug-likeness (QED) is 0.403. The number of nitrogens with zero attached hydrogens (tertiary/aromatic N) is 2. The number of urea groups is 1. The Bertz CT molecular complexity index is 1490. The van der Waals surface area contributed by atoms with Gasteiger partial charge < -0.3 is 20.4 Å². The number of carbonyl (C=O) groups is 3. The lowest BCUT2D eigenvalue weighted by Crippen LogP contribution is -2.56. The normalized spacial score (nSPS) is 20.4. The van der Waals surface area contributed by atoms with E-state index in [1.54, 1.807) is 4.90 Å². The summed E-state index contributed by atoms with van der Waals surface area (Å²) in [4.78, 5) is 44.0. The molecule has 2 atom stereocenters. The molecule has 7 heteroatoms. The van der Waals surface area contributed by atoms with Gasteiger partial charge in [0.15, 0.2) is 0 Å². The van der Waals surface area contributed by atoms with Crippen molar-refractivity contribution < 1.29 is 14.4 Å². The molecule has 2 fully saturated rings. The number of carbonyl (C=O) groups excluding carboxylic acids is 3. The zero-order valence-corrected chi connectivity index (χ0v) is 25.5. The van der Waals surface area contributed by atoms with Gasteiger partial charge in [-0.25, -0.2) is 4.79 Å². The zero-order valence-electron chi connectivity index (χ0n) is 25.5. The summed E-state index contributed by atoms with van der Waals surface area (Å²) in [5.41, 5.74) is 3.32. The number of piperidine rings is 1. The first-order valence-electron chi connectivity index (χ1n) is 16.0. The van der Waals surface area contributed by atoms with Crippen LogP contribution in [0.25, 0.3) is 10.8 Å². The van der Waals surface area contributed by atoms with Crippen molar-refractivity contribution in [1.29, 1.82) is 0 Å². The van der Waals surface area contributed by atoms with Crippen LogP contribution in [0.1, 0.15) is 74.0 Å². The van der Waals surface area contributed by atoms with Crippen LogP contribution in [0.3, 0.4) is 0 Å². The van der Waals surface area contributed by atoms with Crippen molar-refractivity contribution in [2.75, 3.05) is 27.2 Å². The Morgan fingerprint density at radius 3 is 2.35 bits per heavy atom. The summed E-state index contributed by atoms with van der Waals surface area (Å²) in [7, 11) is 3.65. The van der Waals surface area contributed by atoms with Crippen molar-refractivity contribution in [3.63, 3.8) is 0 Å². The van der Waals surface area contributed by atoms with Crippen molar-refractivity contribution in [3.8, 4) is 0 Å². The average Bonchev–Trinajstić information content (AvgIpc) is 3.34. The van der Waals surface area contributed by atoms with Crippen LogP contribution in [0.4, 0.5) is 4.79 Å². The van der Waals surface area contributed by atoms with E-state index in [-0.39, 0.29) is 35.2 Å². The topological polar surface area (TPSA) is 81.8 Å². The minimum Gasteiger partial charge on any atom is -0.348 e. The summed E-state index contributed by atoms with van der Waals surface area (Å²) >= 11 is 0. The van der Waals surface area contributed by atoms with E-state index in [1.807, 2.05) is 37.2 Å². The lowest BCUT2D eigenvalue weighted by Gasteiger charge is -2.41. The smallest absolute Gasteiger partial charge is 0.315 e. The number of likely N-dealkylation sites (N-methyl/N-ethyl adjacent to an activating group) is 1. The third kappa shape index (κ3) is 6.13. The van der Waals surface area contributed by atoms with Crippen molar-refractivity contribution in [2.24, 2.45) is 0 Å². The van der Waals surface area contributed by atoms with E-state index in [1.165, 1.54) is 12.0 Å². The number of hydrogen-bond acceptors (Lipinski definition) is 3. The third-order valence-corrected chi connectivity index (χ3v) is 10.1. The Balaban J connectivity index is 1.19. The van der Waals surface area contributed by atoms with E-state index >= 15 is 0 Å². The first-order chi connectivity index (χ1) is 20.8. The molecule has 6 rings (SSSR count). The molecule has 1 spiro atoms. The minimum absolute atomic E-state index is 0.0333. The molecule has 2 aliphatic carbocycles. The Morgan fingerprint density at radius 2 is 1.60 bits per heavy atom. The number of amides is 4. The molecule has 0 radical (unpaired) electrons. The summed E-state index contributed by atoms with van der Waals surface area (Å²) in [6, 6.07) is 22.1. The highest BCUT2D eigenvalue weighted by Crippen LogP contribution is 2.52. The number of likely N-dealkylation sites (tertiary alicyclic amines) is 1. The third-order valence-electron chi connectivity index (χ3n) is 10.1. The molecule has 0 bridgehead atoms. The molecule has 43 heavy (non-hydrogen) atoms. The number of rotatable bonds is 6. The van der Waals surface area contributed by atoms with Crippen LogP contribution in [-0.2, 0) is 21.4 Å². The van der Waals surface area contributed by atoms with E-state index in [9.17, 15) is 14.4 Å². The molecule has 0 aromatic heterocycles. The predicted molar refractivity (Wildman–Crippen MR) is 170 cm³/mol. The molecule has 226 valence electrons. The Kier molecular flexibility index (Phi) is 8.42. The summed E-state index contributed by atoms with van der Waals surface area (Å²) in [6.45, 7) is 1.21. The van der Waals surface area contributed by atoms with Gasteiger partial charge in [-0.15, -0.1) is 0 Å². The first kappa shape index (κ1) is 29.2. The van der Waals surface area contributed by atoms with Crippen molar-refractivity contribution in [2.45, 2.75) is 81.2 Å². The number of fused-ring (bicyclic) bond motifs is 3. The standard InChI is InChI=1S/C36H44N4O3/c1-39(2)33(41)30-24-36(31-15-9-8-14-29(30)31)18-20-40(21-19-36)34(42)32(38-35(43)37-28-12-4-3-5-13-28)23-25-16-17-26-10-6-7-11-27(26)22-25/h6-11,14-17,22,28,30,32H,3-5,12-13,18-21,23-24H2,1-2H3,(H2,37,38,43)/t30-,32?/m1/s1. The van der Waals surface area contributed by atoms with Gasteiger partial charge >= 0.3 is 6.03 Å². The van der Waals surface area contributed by atoms with Gasteiger partial charge in [0, 0.05) is 45.1 Å². The van der Waals surface area contributed by atoms with E-state index in [0.717, 1.165) is 66.8 Å². The summed E-state index contributed by atoms with van der Waals surface area (Å²) in [5.74, 6) is -0.0280. The Hall–Kier alpha value is -3.87. The van der Waals surface area contributed by atoms with Crippen LogP contribution < -0.4 is 10.6 Å². The molecule has 1 saturated heterocycles. The highest BCUT2D eigenvalue weighted by molar-refractivity contribution is 5.89. The molecule has 7 nitrogen and oxygen atoms in total. The minimum atomic E-state index is -0.655. The van der Waals surface area contributed by atoms with E-state index in [4.69, 9.17) is 0 Å². The maximum atomic E-state index is 14.1. The second-order valence-corrected chi connectivity index (χ2v) is 13.1. The van der Waals surface area contributed by atoms with Gasteiger partial charge in [0.2, 0.25) is 11.8 Å². The van der Waals surface area contributed by atoms with Gasteiger partial charge in [-0.05, 0) is 59.6 Å². The molecule has 3 aromatic carbocycles. The zero-order chi connectivity index (χ0) is 30.0. The van der Waals surface area contributed by atoms with Crippen LogP contribution in [0, 0.1) is 0 Å². The van der Waals surface area contributed by atoms with Crippen LogP contribution in [0.2, 0.25) is 0 Å². The Morgan fingerprint density at radius 1 is 0.907 bits per heavy atom. The molecule has 1 saturated carbocycles. The fourth-order valence-corrected chi connectivity index (χ4v) is 7.71. The predicted octanol–water partition coefficient (Wildman–Crippen LogP) is 5.52. The molecule has 1 unspecified atom stereocenters. The van der Waals surface area contributed by atoms with Crippen molar-refractivity contribution >= 4 is 28.6 Å². The molecule has 1 heterocycles. The average molecular weight is 581 g/mol. The van der Waals surface area contributed by atoms with Gasteiger partial charge in [0.1, 0.15) is 6.04 Å². The molecule has 2 N–H and O–H groups in total. The second kappa shape index (κ2) is 12.4. The lowest BCUT2D eigenvalue weighted by atomic mass is 9.73. The van der Waals surface area contributed by atoms with Crippen molar-refractivity contribution in [1.82, 2.24) is 20.4 Å². The molecule has 1 aliphatic heterocycles. The van der Waals surface area contributed by atoms with E-state index in [2.05, 4.69) is 59.2 Å². The molecular formula is C36H44N4O3. The summed E-state index contributed by atoms with van der Waals surface area (Å²) in [6.07, 6.45) is 8.29. The van der Waals surface area contributed by atoms with Gasteiger partial charge in [-0.2, -0.15) is 0 Å². The van der Waals surface area contributed by atoms with Crippen LogP contribution in [0.5, 0.6) is 0 Å². The molecular weight excluding hydrogens is 536 g/mol. The number of benzene rings is 3. The molecule has 3 aromatic rings. The fourth-order valence-electron chi connectivity index (χ4n) is 7.71. The molecule has 4 amide bonds. The van der Waals surface area contributed by atoms with Gasteiger partial charge in [-0.3, -0.25) is 9.59 Å². The van der Waals surface area contributed by atoms with Crippen LogP contribution in [-0.4, -0.2) is 66.9 Å². The Labute approximate surface area is 255 Å². The van der Waals surface area contributed by atoms with Crippen LogP contribution in [0.15, 0.2) is 66.7 Å². The highest BCUT2D eigenvalue weighted by atomic mass is 16.2. The van der Waals surface area contributed by atoms with Crippen LogP contribution >= 0.6 is 0 Å². The first-order valence-corrected chi connectivity index (χ1v) is 16.0. The maximum absolute atomic E-state index is 14.1. The second-order valence-electron chi connectivity index (χ2n) is 13.1. The largest absolute Gasteiger partial charge is 0.348 e. The maximum Gasteiger partial charge on any atom is 0.315 e. The number of hydrogen-bond donors (Lipinski definition) is 2. The molecule has 3 aliphatic rings. The summed E-state index contributed by atoms with van der Waals surface area (Å²) in [5, 5.41) is 8.50. The summed E-state index contributed by atoms with van der Waals surface area (Å²) < 4.78 is 0. The lowest BCUT2D eigenvalue weighted by molar-refractivity contribution is -0.135. The van der Waals surface area contributed by atoms with Gasteiger partial charge in [0.05, 0.1) is 5.92 Å². The fraction of sp³-hybridized carbons (Fsp3) is 0.472. The van der Waals surface area contributed by atoms with Crippen molar-refractivity contribution in [3.05, 3.63) is 83.4 Å².